The lowest BCUT2D eigenvalue weighted by Crippen LogP contribution is -2.00. The van der Waals surface area contributed by atoms with Crippen molar-refractivity contribution in [3.05, 3.63) is 132 Å². The Balaban J connectivity index is 0.000000216. The van der Waals surface area contributed by atoms with Crippen LogP contribution in [0.4, 0.5) is 0 Å². The predicted molar refractivity (Wildman–Crippen MR) is 120 cm³/mol. The second-order valence-corrected chi connectivity index (χ2v) is 6.50. The van der Waals surface area contributed by atoms with Gasteiger partial charge in [-0.2, -0.15) is 0 Å². The zero-order chi connectivity index (χ0) is 21.2. The van der Waals surface area contributed by atoms with E-state index in [4.69, 9.17) is 0 Å². The summed E-state index contributed by atoms with van der Waals surface area (Å²) in [5, 5.41) is 0. The van der Waals surface area contributed by atoms with Crippen molar-refractivity contribution >= 4 is 11.8 Å². The van der Waals surface area contributed by atoms with Gasteiger partial charge in [-0.05, 0) is 23.3 Å². The fourth-order valence-electron chi connectivity index (χ4n) is 2.89. The van der Waals surface area contributed by atoms with E-state index >= 15 is 0 Å². The van der Waals surface area contributed by atoms with Crippen molar-refractivity contribution in [2.45, 2.75) is 0 Å². The molecule has 0 saturated heterocycles. The summed E-state index contributed by atoms with van der Waals surface area (Å²) in [6.45, 7) is 0. The minimum Gasteiger partial charge on any atom is -0.465 e. The number of rotatable bonds is 4. The van der Waals surface area contributed by atoms with Gasteiger partial charge in [0.15, 0.2) is 5.78 Å². The highest BCUT2D eigenvalue weighted by atomic mass is 16.5. The molecule has 148 valence electrons. The van der Waals surface area contributed by atoms with Gasteiger partial charge in [0.2, 0.25) is 0 Å². The molecule has 0 aromatic heterocycles. The van der Waals surface area contributed by atoms with Gasteiger partial charge in [-0.15, -0.1) is 0 Å². The van der Waals surface area contributed by atoms with Crippen molar-refractivity contribution in [1.82, 2.24) is 0 Å². The minimum absolute atomic E-state index is 0.0604. The maximum absolute atomic E-state index is 12.3. The molecular weight excluding hydrogens is 372 g/mol. The average molecular weight is 394 g/mol. The summed E-state index contributed by atoms with van der Waals surface area (Å²) in [6.07, 6.45) is 0. The van der Waals surface area contributed by atoms with E-state index in [1.54, 1.807) is 24.3 Å². The Bertz CT molecular complexity index is 1070. The molecule has 4 aromatic carbocycles. The Hall–Kier alpha value is -3.98. The van der Waals surface area contributed by atoms with E-state index in [0.717, 1.165) is 22.3 Å². The molecule has 0 unspecified atom stereocenters. The largest absolute Gasteiger partial charge is 0.465 e. The molecule has 30 heavy (non-hydrogen) atoms. The van der Waals surface area contributed by atoms with Crippen molar-refractivity contribution < 1.29 is 14.3 Å². The smallest absolute Gasteiger partial charge is 0.337 e. The Morgan fingerprint density at radius 1 is 0.500 bits per heavy atom. The van der Waals surface area contributed by atoms with Gasteiger partial charge >= 0.3 is 5.97 Å². The number of hydrogen-bond acceptors (Lipinski definition) is 3. The molecule has 0 heterocycles. The molecule has 0 N–H and O–H groups in total. The van der Waals surface area contributed by atoms with Crippen LogP contribution in [0.2, 0.25) is 0 Å². The molecule has 3 nitrogen and oxygen atoms in total. The highest BCUT2D eigenvalue weighted by Crippen LogP contribution is 2.20. The first-order valence-electron chi connectivity index (χ1n) is 9.57. The second kappa shape index (κ2) is 10.5. The number of ether oxygens (including phenoxy) is 1. The lowest BCUT2D eigenvalue weighted by atomic mass is 9.99. The van der Waals surface area contributed by atoms with Crippen LogP contribution in [0.25, 0.3) is 11.1 Å². The van der Waals surface area contributed by atoms with Crippen molar-refractivity contribution in [3.63, 3.8) is 0 Å². The van der Waals surface area contributed by atoms with E-state index in [9.17, 15) is 9.59 Å². The summed E-state index contributed by atoms with van der Waals surface area (Å²) < 4.78 is 4.50. The molecule has 0 amide bonds. The van der Waals surface area contributed by atoms with Gasteiger partial charge in [0, 0.05) is 11.1 Å². The van der Waals surface area contributed by atoms with Gasteiger partial charge < -0.3 is 4.74 Å². The molecule has 4 rings (SSSR count). The van der Waals surface area contributed by atoms with Gasteiger partial charge in [0.25, 0.3) is 0 Å². The Labute approximate surface area is 176 Å². The van der Waals surface area contributed by atoms with Crippen molar-refractivity contribution in [3.8, 4) is 11.1 Å². The molecule has 0 fully saturated rings. The fourth-order valence-corrected chi connectivity index (χ4v) is 2.89. The normalized spacial score (nSPS) is 9.77. The molecule has 0 radical (unpaired) electrons. The molecule has 4 aromatic rings. The molecule has 0 aliphatic rings. The van der Waals surface area contributed by atoms with Gasteiger partial charge in [-0.3, -0.25) is 4.79 Å². The van der Waals surface area contributed by atoms with Crippen LogP contribution in [0.15, 0.2) is 115 Å². The number of hydrogen-bond donors (Lipinski definition) is 0. The van der Waals surface area contributed by atoms with Crippen LogP contribution in [0.1, 0.15) is 26.3 Å². The molecule has 0 aliphatic carbocycles. The third kappa shape index (κ3) is 5.52. The van der Waals surface area contributed by atoms with Crippen LogP contribution >= 0.6 is 0 Å². The van der Waals surface area contributed by atoms with Crippen LogP contribution < -0.4 is 0 Å². The summed E-state index contributed by atoms with van der Waals surface area (Å²) in [7, 11) is 1.37. The van der Waals surface area contributed by atoms with Gasteiger partial charge in [-0.25, -0.2) is 4.79 Å². The lowest BCUT2D eigenvalue weighted by molar-refractivity contribution is 0.0600. The standard InChI is InChI=1S/C19H14O.C8H8O2/c20-19(17-9-5-2-6-10-17)18-13-11-16(12-14-18)15-7-3-1-4-8-15;1-10-8(9)7-5-3-2-4-6-7/h1-14H;2-6H,1H3. The molecule has 0 aliphatic heterocycles. The van der Waals surface area contributed by atoms with E-state index in [1.165, 1.54) is 7.11 Å². The first kappa shape index (κ1) is 20.7. The average Bonchev–Trinajstić information content (AvgIpc) is 2.85. The van der Waals surface area contributed by atoms with E-state index in [0.29, 0.717) is 5.56 Å². The van der Waals surface area contributed by atoms with Crippen molar-refractivity contribution in [2.24, 2.45) is 0 Å². The zero-order valence-electron chi connectivity index (χ0n) is 16.7. The first-order chi connectivity index (χ1) is 14.7. The van der Waals surface area contributed by atoms with Gasteiger partial charge in [0.05, 0.1) is 12.7 Å². The quantitative estimate of drug-likeness (QED) is 0.312. The van der Waals surface area contributed by atoms with Crippen LogP contribution in [-0.4, -0.2) is 18.9 Å². The van der Waals surface area contributed by atoms with Gasteiger partial charge in [-0.1, -0.05) is 103 Å². The summed E-state index contributed by atoms with van der Waals surface area (Å²) in [5.41, 5.74) is 4.31. The molecular formula is C27H22O3. The topological polar surface area (TPSA) is 43.4 Å². The minimum atomic E-state index is -0.291. The van der Waals surface area contributed by atoms with E-state index in [2.05, 4.69) is 16.9 Å². The van der Waals surface area contributed by atoms with E-state index in [1.807, 2.05) is 78.9 Å². The van der Waals surface area contributed by atoms with Gasteiger partial charge in [0.1, 0.15) is 0 Å². The Kier molecular flexibility index (Phi) is 7.28. The third-order valence-electron chi connectivity index (χ3n) is 4.49. The number of methoxy groups -OCH3 is 1. The van der Waals surface area contributed by atoms with Crippen molar-refractivity contribution in [1.29, 1.82) is 0 Å². The Morgan fingerprint density at radius 3 is 1.40 bits per heavy atom. The number of esters is 1. The highest BCUT2D eigenvalue weighted by Gasteiger charge is 2.08. The summed E-state index contributed by atoms with van der Waals surface area (Å²) >= 11 is 0. The third-order valence-corrected chi connectivity index (χ3v) is 4.49. The molecule has 0 bridgehead atoms. The number of carbonyl (C=O) groups is 2. The van der Waals surface area contributed by atoms with E-state index < -0.39 is 0 Å². The summed E-state index contributed by atoms with van der Waals surface area (Å²) in [5.74, 6) is -0.231. The fraction of sp³-hybridized carbons (Fsp3) is 0.0370. The first-order valence-corrected chi connectivity index (χ1v) is 9.57. The highest BCUT2D eigenvalue weighted by molar-refractivity contribution is 6.09. The monoisotopic (exact) mass is 394 g/mol. The SMILES string of the molecule is COC(=O)c1ccccc1.O=C(c1ccccc1)c1ccc(-c2ccccc2)cc1. The van der Waals surface area contributed by atoms with Crippen LogP contribution in [-0.2, 0) is 4.74 Å². The zero-order valence-corrected chi connectivity index (χ0v) is 16.7. The number of benzene rings is 4. The van der Waals surface area contributed by atoms with Crippen LogP contribution in [0.5, 0.6) is 0 Å². The van der Waals surface area contributed by atoms with E-state index in [-0.39, 0.29) is 11.8 Å². The predicted octanol–water partition coefficient (Wildman–Crippen LogP) is 6.06. The summed E-state index contributed by atoms with van der Waals surface area (Å²) in [6, 6.07) is 36.1. The molecule has 0 spiro atoms. The second-order valence-electron chi connectivity index (χ2n) is 6.50. The number of carbonyl (C=O) groups excluding carboxylic acids is 2. The summed E-state index contributed by atoms with van der Waals surface area (Å²) in [4.78, 5) is 23.1. The maximum Gasteiger partial charge on any atom is 0.337 e. The molecule has 3 heteroatoms. The van der Waals surface area contributed by atoms with Crippen LogP contribution in [0, 0.1) is 0 Å². The van der Waals surface area contributed by atoms with Crippen LogP contribution in [0.3, 0.4) is 0 Å². The molecule has 0 saturated carbocycles. The van der Waals surface area contributed by atoms with Crippen molar-refractivity contribution in [2.75, 3.05) is 7.11 Å². The Morgan fingerprint density at radius 2 is 0.900 bits per heavy atom. The lowest BCUT2D eigenvalue weighted by Gasteiger charge is -2.04. The maximum atomic E-state index is 12.3. The number of ketones is 1. The molecule has 0 atom stereocenters.